The molecule has 0 aromatic heterocycles. The van der Waals surface area contributed by atoms with Gasteiger partial charge in [0.05, 0.1) is 6.04 Å². The highest BCUT2D eigenvalue weighted by atomic mass is 35.5. The predicted molar refractivity (Wildman–Crippen MR) is 60.4 cm³/mol. The molecule has 0 saturated heterocycles. The summed E-state index contributed by atoms with van der Waals surface area (Å²) in [5.41, 5.74) is 0.656. The Morgan fingerprint density at radius 1 is 1.39 bits per heavy atom. The van der Waals surface area contributed by atoms with Crippen LogP contribution in [0.25, 0.3) is 0 Å². The topological polar surface area (TPSA) is 38.3 Å². The number of carbonyl (C=O) groups excluding carboxylic acids is 1. The van der Waals surface area contributed by atoms with Gasteiger partial charge in [-0.15, -0.1) is 24.8 Å². The lowest BCUT2D eigenvalue weighted by atomic mass is 10.1. The maximum atomic E-state index is 11.9. The lowest BCUT2D eigenvalue weighted by molar-refractivity contribution is -0.274. The third-order valence-electron chi connectivity index (χ3n) is 2.11. The highest BCUT2D eigenvalue weighted by Crippen LogP contribution is 2.24. The summed E-state index contributed by atoms with van der Waals surface area (Å²) in [6, 6.07) is 4.93. The number of hydrogen-bond donors (Lipinski definition) is 1. The van der Waals surface area contributed by atoms with Crippen molar-refractivity contribution in [2.24, 2.45) is 0 Å². The van der Waals surface area contributed by atoms with E-state index in [0.717, 1.165) is 0 Å². The van der Waals surface area contributed by atoms with Crippen molar-refractivity contribution in [2.75, 3.05) is 5.88 Å². The number of amides is 1. The number of halogens is 4. The number of carbonyl (C=O) groups is 1. The molecule has 1 rings (SSSR count). The fraction of sp³-hybridized carbons (Fsp3) is 0.364. The Bertz CT molecular complexity index is 406. The van der Waals surface area contributed by atoms with Crippen LogP contribution < -0.4 is 10.1 Å². The van der Waals surface area contributed by atoms with E-state index in [1.165, 1.54) is 24.3 Å². The average molecular weight is 282 g/mol. The maximum absolute atomic E-state index is 11.9. The zero-order chi connectivity index (χ0) is 13.8. The van der Waals surface area contributed by atoms with E-state index < -0.39 is 6.36 Å². The number of nitrogens with one attached hydrogen (secondary N) is 1. The molecule has 0 radical (unpaired) electrons. The Labute approximate surface area is 107 Å². The van der Waals surface area contributed by atoms with Gasteiger partial charge in [0.25, 0.3) is 0 Å². The minimum absolute atomic E-state index is 0.167. The molecule has 1 atom stereocenters. The summed E-state index contributed by atoms with van der Waals surface area (Å²) in [7, 11) is 0. The summed E-state index contributed by atoms with van der Waals surface area (Å²) >= 11 is 5.32. The summed E-state index contributed by atoms with van der Waals surface area (Å²) in [6.45, 7) is 1.70. The molecular formula is C11H11ClF3NO2. The highest BCUT2D eigenvalue weighted by Gasteiger charge is 2.31. The molecule has 1 amide bonds. The molecule has 1 unspecified atom stereocenters. The monoisotopic (exact) mass is 281 g/mol. The van der Waals surface area contributed by atoms with Gasteiger partial charge in [-0.2, -0.15) is 0 Å². The predicted octanol–water partition coefficient (Wildman–Crippen LogP) is 3.00. The van der Waals surface area contributed by atoms with Crippen molar-refractivity contribution in [3.8, 4) is 5.75 Å². The SMILES string of the molecule is CC(NC(=O)CCl)c1ccc(OC(F)(F)F)cc1. The van der Waals surface area contributed by atoms with Gasteiger partial charge in [-0.05, 0) is 24.6 Å². The van der Waals surface area contributed by atoms with Crippen molar-refractivity contribution in [3.05, 3.63) is 29.8 Å². The lowest BCUT2D eigenvalue weighted by Crippen LogP contribution is -2.27. The van der Waals surface area contributed by atoms with Gasteiger partial charge in [0.15, 0.2) is 0 Å². The fourth-order valence-corrected chi connectivity index (χ4v) is 1.40. The van der Waals surface area contributed by atoms with Crippen LogP contribution >= 0.6 is 11.6 Å². The Morgan fingerprint density at radius 3 is 2.39 bits per heavy atom. The first-order valence-electron chi connectivity index (χ1n) is 5.03. The van der Waals surface area contributed by atoms with E-state index in [1.807, 2.05) is 0 Å². The van der Waals surface area contributed by atoms with E-state index in [0.29, 0.717) is 5.56 Å². The maximum Gasteiger partial charge on any atom is 0.573 e. The molecule has 0 bridgehead atoms. The van der Waals surface area contributed by atoms with Gasteiger partial charge in [0.2, 0.25) is 5.91 Å². The fourth-order valence-electron chi connectivity index (χ4n) is 1.32. The summed E-state index contributed by atoms with van der Waals surface area (Å²) in [4.78, 5) is 11.0. The van der Waals surface area contributed by atoms with Gasteiger partial charge in [-0.25, -0.2) is 0 Å². The Balaban J connectivity index is 2.67. The zero-order valence-corrected chi connectivity index (χ0v) is 10.2. The number of hydrogen-bond acceptors (Lipinski definition) is 2. The third-order valence-corrected chi connectivity index (χ3v) is 2.36. The van der Waals surface area contributed by atoms with Gasteiger partial charge >= 0.3 is 6.36 Å². The van der Waals surface area contributed by atoms with Crippen LogP contribution in [0.4, 0.5) is 13.2 Å². The quantitative estimate of drug-likeness (QED) is 0.862. The van der Waals surface area contributed by atoms with Crippen LogP contribution in [0.5, 0.6) is 5.75 Å². The van der Waals surface area contributed by atoms with Crippen LogP contribution in [-0.4, -0.2) is 18.1 Å². The molecule has 1 N–H and O–H groups in total. The minimum Gasteiger partial charge on any atom is -0.406 e. The summed E-state index contributed by atoms with van der Waals surface area (Å²) in [5.74, 6) is -0.818. The molecule has 0 heterocycles. The normalized spacial score (nSPS) is 12.9. The molecule has 7 heteroatoms. The van der Waals surface area contributed by atoms with Crippen LogP contribution in [0.15, 0.2) is 24.3 Å². The minimum atomic E-state index is -4.71. The summed E-state index contributed by atoms with van der Waals surface area (Å²) in [6.07, 6.45) is -4.71. The van der Waals surface area contributed by atoms with Gasteiger partial charge < -0.3 is 10.1 Å². The molecule has 0 aliphatic rings. The summed E-state index contributed by atoms with van der Waals surface area (Å²) in [5, 5.41) is 2.58. The van der Waals surface area contributed by atoms with Crippen molar-refractivity contribution in [1.29, 1.82) is 0 Å². The lowest BCUT2D eigenvalue weighted by Gasteiger charge is -2.14. The van der Waals surface area contributed by atoms with Crippen molar-refractivity contribution in [2.45, 2.75) is 19.3 Å². The molecule has 0 spiro atoms. The first kappa shape index (κ1) is 14.6. The second-order valence-corrected chi connectivity index (χ2v) is 3.81. The van der Waals surface area contributed by atoms with Gasteiger partial charge in [-0.1, -0.05) is 12.1 Å². The molecule has 0 aliphatic heterocycles. The van der Waals surface area contributed by atoms with Crippen LogP contribution in [0, 0.1) is 0 Å². The number of ether oxygens (including phenoxy) is 1. The van der Waals surface area contributed by atoms with Gasteiger partial charge in [0, 0.05) is 0 Å². The molecule has 0 saturated carbocycles. The Morgan fingerprint density at radius 2 is 1.94 bits per heavy atom. The Hall–Kier alpha value is -1.43. The highest BCUT2D eigenvalue weighted by molar-refractivity contribution is 6.27. The van der Waals surface area contributed by atoms with Crippen molar-refractivity contribution in [1.82, 2.24) is 5.32 Å². The van der Waals surface area contributed by atoms with Gasteiger partial charge in [0.1, 0.15) is 11.6 Å². The number of benzene rings is 1. The number of alkyl halides is 4. The largest absolute Gasteiger partial charge is 0.573 e. The number of rotatable bonds is 4. The van der Waals surface area contributed by atoms with E-state index in [1.54, 1.807) is 6.92 Å². The smallest absolute Gasteiger partial charge is 0.406 e. The second kappa shape index (κ2) is 5.95. The first-order valence-corrected chi connectivity index (χ1v) is 5.56. The third kappa shape index (κ3) is 4.83. The van der Waals surface area contributed by atoms with Gasteiger partial charge in [-0.3, -0.25) is 4.79 Å². The molecule has 1 aromatic rings. The van der Waals surface area contributed by atoms with Crippen LogP contribution in [0.1, 0.15) is 18.5 Å². The van der Waals surface area contributed by atoms with E-state index in [-0.39, 0.29) is 23.6 Å². The van der Waals surface area contributed by atoms with E-state index in [2.05, 4.69) is 10.1 Å². The Kier molecular flexibility index (Phi) is 4.84. The molecule has 3 nitrogen and oxygen atoms in total. The van der Waals surface area contributed by atoms with Crippen molar-refractivity contribution in [3.63, 3.8) is 0 Å². The molecule has 1 aromatic carbocycles. The van der Waals surface area contributed by atoms with E-state index in [9.17, 15) is 18.0 Å². The van der Waals surface area contributed by atoms with Crippen molar-refractivity contribution < 1.29 is 22.7 Å². The molecule has 100 valence electrons. The summed E-state index contributed by atoms with van der Waals surface area (Å²) < 4.78 is 39.5. The van der Waals surface area contributed by atoms with Crippen LogP contribution in [0.3, 0.4) is 0 Å². The zero-order valence-electron chi connectivity index (χ0n) is 9.42. The molecular weight excluding hydrogens is 271 g/mol. The molecule has 0 aliphatic carbocycles. The second-order valence-electron chi connectivity index (χ2n) is 3.54. The molecule has 18 heavy (non-hydrogen) atoms. The van der Waals surface area contributed by atoms with E-state index >= 15 is 0 Å². The molecule has 0 fully saturated rings. The first-order chi connectivity index (χ1) is 8.31. The van der Waals surface area contributed by atoms with Crippen LogP contribution in [-0.2, 0) is 4.79 Å². The average Bonchev–Trinajstić information content (AvgIpc) is 2.27. The standard InChI is InChI=1S/C11H11ClF3NO2/c1-7(16-10(17)6-12)8-2-4-9(5-3-8)18-11(13,14)15/h2-5,7H,6H2,1H3,(H,16,17). The van der Waals surface area contributed by atoms with Crippen LogP contribution in [0.2, 0.25) is 0 Å². The van der Waals surface area contributed by atoms with E-state index in [4.69, 9.17) is 11.6 Å². The van der Waals surface area contributed by atoms with Crippen molar-refractivity contribution >= 4 is 17.5 Å².